The Morgan fingerprint density at radius 2 is 2.17 bits per heavy atom. The van der Waals surface area contributed by atoms with Crippen LogP contribution < -0.4 is 10.6 Å². The van der Waals surface area contributed by atoms with Gasteiger partial charge in [0.2, 0.25) is 15.9 Å². The number of piperazine rings is 1. The number of amides is 1. The van der Waals surface area contributed by atoms with E-state index in [0.717, 1.165) is 23.9 Å². The first-order chi connectivity index (χ1) is 11.2. The summed E-state index contributed by atoms with van der Waals surface area (Å²) in [6.45, 7) is 4.82. The third-order valence-corrected chi connectivity index (χ3v) is 6.26. The average molecular weight is 375 g/mol. The molecule has 134 valence electrons. The van der Waals surface area contributed by atoms with Gasteiger partial charge in [0.15, 0.2) is 0 Å². The van der Waals surface area contributed by atoms with Crippen molar-refractivity contribution in [3.05, 3.63) is 23.2 Å². The van der Waals surface area contributed by atoms with Crippen LogP contribution in [0.4, 0.5) is 5.69 Å². The molecule has 0 aromatic heterocycles. The maximum absolute atomic E-state index is 12.3. The molecule has 0 bridgehead atoms. The van der Waals surface area contributed by atoms with Gasteiger partial charge in [-0.05, 0) is 25.1 Å². The molecule has 2 rings (SSSR count). The van der Waals surface area contributed by atoms with Crippen LogP contribution in [0.2, 0.25) is 5.02 Å². The second-order valence-corrected chi connectivity index (χ2v) is 8.53. The minimum atomic E-state index is -3.67. The molecule has 1 amide bonds. The number of rotatable bonds is 5. The van der Waals surface area contributed by atoms with E-state index in [0.29, 0.717) is 5.69 Å². The summed E-state index contributed by atoms with van der Waals surface area (Å²) in [6.07, 6.45) is 0. The van der Waals surface area contributed by atoms with Crippen LogP contribution in [0.3, 0.4) is 0 Å². The summed E-state index contributed by atoms with van der Waals surface area (Å²) in [4.78, 5) is 14.3. The number of sulfonamides is 1. The molecule has 24 heavy (non-hydrogen) atoms. The Morgan fingerprint density at radius 3 is 2.79 bits per heavy atom. The van der Waals surface area contributed by atoms with Gasteiger partial charge in [-0.25, -0.2) is 12.7 Å². The standard InChI is InChI=1S/C15H23ClN4O3S/c1-11-9-17-6-7-20(11)10-15(21)18-12-4-5-13(16)14(8-12)24(22,23)19(2)3/h4-5,8,11,17H,6-7,9-10H2,1-3H3,(H,18,21)/t11-/m0/s1. The van der Waals surface area contributed by atoms with Crippen molar-refractivity contribution < 1.29 is 13.2 Å². The maximum atomic E-state index is 12.3. The molecule has 1 saturated heterocycles. The lowest BCUT2D eigenvalue weighted by molar-refractivity contribution is -0.118. The smallest absolute Gasteiger partial charge is 0.244 e. The summed E-state index contributed by atoms with van der Waals surface area (Å²) in [7, 11) is -0.804. The Kier molecular flexibility index (Phi) is 6.22. The highest BCUT2D eigenvalue weighted by Crippen LogP contribution is 2.26. The summed E-state index contributed by atoms with van der Waals surface area (Å²) >= 11 is 6.00. The highest BCUT2D eigenvalue weighted by atomic mass is 35.5. The highest BCUT2D eigenvalue weighted by molar-refractivity contribution is 7.89. The molecule has 0 aliphatic carbocycles. The second kappa shape index (κ2) is 7.79. The number of nitrogens with zero attached hydrogens (tertiary/aromatic N) is 2. The van der Waals surface area contributed by atoms with Gasteiger partial charge in [0.25, 0.3) is 0 Å². The summed E-state index contributed by atoms with van der Waals surface area (Å²) < 4.78 is 25.6. The molecule has 7 nitrogen and oxygen atoms in total. The number of carbonyl (C=O) groups is 1. The third kappa shape index (κ3) is 4.46. The van der Waals surface area contributed by atoms with Crippen LogP contribution in [0.5, 0.6) is 0 Å². The van der Waals surface area contributed by atoms with Crippen LogP contribution >= 0.6 is 11.6 Å². The molecule has 0 spiro atoms. The molecule has 1 fully saturated rings. The van der Waals surface area contributed by atoms with Gasteiger partial charge >= 0.3 is 0 Å². The zero-order valence-corrected chi connectivity index (χ0v) is 15.6. The Balaban J connectivity index is 2.11. The summed E-state index contributed by atoms with van der Waals surface area (Å²) in [5.74, 6) is -0.181. The van der Waals surface area contributed by atoms with E-state index in [2.05, 4.69) is 22.5 Å². The average Bonchev–Trinajstić information content (AvgIpc) is 2.51. The van der Waals surface area contributed by atoms with E-state index < -0.39 is 10.0 Å². The van der Waals surface area contributed by atoms with Gasteiger partial charge in [0, 0.05) is 45.5 Å². The van der Waals surface area contributed by atoms with Crippen LogP contribution in [-0.4, -0.2) is 69.8 Å². The molecule has 1 aromatic carbocycles. The van der Waals surface area contributed by atoms with Gasteiger partial charge in [0.05, 0.1) is 11.6 Å². The van der Waals surface area contributed by atoms with Crippen molar-refractivity contribution in [3.8, 4) is 0 Å². The van der Waals surface area contributed by atoms with E-state index in [4.69, 9.17) is 11.6 Å². The SMILES string of the molecule is C[C@H]1CNCCN1CC(=O)Nc1ccc(Cl)c(S(=O)(=O)N(C)C)c1. The second-order valence-electron chi connectivity index (χ2n) is 6.00. The largest absolute Gasteiger partial charge is 0.325 e. The first-order valence-electron chi connectivity index (χ1n) is 7.68. The van der Waals surface area contributed by atoms with Crippen molar-refractivity contribution in [1.29, 1.82) is 0 Å². The zero-order valence-electron chi connectivity index (χ0n) is 14.0. The first-order valence-corrected chi connectivity index (χ1v) is 9.50. The van der Waals surface area contributed by atoms with Crippen LogP contribution in [0, 0.1) is 0 Å². The number of hydrogen-bond acceptors (Lipinski definition) is 5. The molecule has 1 aliphatic heterocycles. The van der Waals surface area contributed by atoms with Gasteiger partial charge in [-0.2, -0.15) is 0 Å². The maximum Gasteiger partial charge on any atom is 0.244 e. The van der Waals surface area contributed by atoms with Crippen LogP contribution in [-0.2, 0) is 14.8 Å². The third-order valence-electron chi connectivity index (χ3n) is 3.96. The van der Waals surface area contributed by atoms with Gasteiger partial charge < -0.3 is 10.6 Å². The van der Waals surface area contributed by atoms with Crippen LogP contribution in [0.15, 0.2) is 23.1 Å². The fraction of sp³-hybridized carbons (Fsp3) is 0.533. The molecular formula is C15H23ClN4O3S. The van der Waals surface area contributed by atoms with E-state index in [1.54, 1.807) is 6.07 Å². The van der Waals surface area contributed by atoms with Crippen LogP contribution in [0.1, 0.15) is 6.92 Å². The summed E-state index contributed by atoms with van der Waals surface area (Å²) in [5.41, 5.74) is 0.410. The number of nitrogens with one attached hydrogen (secondary N) is 2. The molecular weight excluding hydrogens is 352 g/mol. The van der Waals surface area contributed by atoms with Crippen LogP contribution in [0.25, 0.3) is 0 Å². The number of benzene rings is 1. The Labute approximate surface area is 148 Å². The van der Waals surface area contributed by atoms with Gasteiger partial charge in [-0.1, -0.05) is 11.6 Å². The van der Waals surface area contributed by atoms with Crippen molar-refractivity contribution in [1.82, 2.24) is 14.5 Å². The Bertz CT molecular complexity index is 709. The Morgan fingerprint density at radius 1 is 1.46 bits per heavy atom. The van der Waals surface area contributed by atoms with E-state index in [9.17, 15) is 13.2 Å². The lowest BCUT2D eigenvalue weighted by atomic mass is 10.2. The van der Waals surface area contributed by atoms with Crippen molar-refractivity contribution in [2.45, 2.75) is 17.9 Å². The molecule has 0 saturated carbocycles. The minimum Gasteiger partial charge on any atom is -0.325 e. The lowest BCUT2D eigenvalue weighted by Crippen LogP contribution is -2.51. The van der Waals surface area contributed by atoms with E-state index in [-0.39, 0.29) is 28.4 Å². The van der Waals surface area contributed by atoms with E-state index in [1.807, 2.05) is 0 Å². The van der Waals surface area contributed by atoms with Gasteiger partial charge in [-0.15, -0.1) is 0 Å². The number of halogens is 1. The molecule has 1 aliphatic rings. The fourth-order valence-corrected chi connectivity index (χ4v) is 3.87. The number of hydrogen-bond donors (Lipinski definition) is 2. The normalized spacial score (nSPS) is 19.5. The molecule has 0 radical (unpaired) electrons. The number of carbonyl (C=O) groups excluding carboxylic acids is 1. The topological polar surface area (TPSA) is 81.8 Å². The van der Waals surface area contributed by atoms with E-state index in [1.165, 1.54) is 26.2 Å². The van der Waals surface area contributed by atoms with Crippen molar-refractivity contribution in [2.24, 2.45) is 0 Å². The lowest BCUT2D eigenvalue weighted by Gasteiger charge is -2.33. The fourth-order valence-electron chi connectivity index (χ4n) is 2.48. The molecule has 2 N–H and O–H groups in total. The predicted octanol–water partition coefficient (Wildman–Crippen LogP) is 0.823. The van der Waals surface area contributed by atoms with E-state index >= 15 is 0 Å². The summed E-state index contributed by atoms with van der Waals surface area (Å²) in [5, 5.41) is 6.14. The molecule has 0 unspecified atom stereocenters. The predicted molar refractivity (Wildman–Crippen MR) is 94.9 cm³/mol. The Hall–Kier alpha value is -1.19. The van der Waals surface area contributed by atoms with Crippen molar-refractivity contribution in [3.63, 3.8) is 0 Å². The molecule has 1 aromatic rings. The van der Waals surface area contributed by atoms with Crippen molar-refractivity contribution >= 4 is 33.2 Å². The van der Waals surface area contributed by atoms with Crippen molar-refractivity contribution in [2.75, 3.05) is 45.6 Å². The van der Waals surface area contributed by atoms with Gasteiger partial charge in [0.1, 0.15) is 4.90 Å². The minimum absolute atomic E-state index is 0.0255. The number of anilines is 1. The molecule has 9 heteroatoms. The highest BCUT2D eigenvalue weighted by Gasteiger charge is 2.23. The summed E-state index contributed by atoms with van der Waals surface area (Å²) in [6, 6.07) is 4.73. The molecule has 1 atom stereocenters. The quantitative estimate of drug-likeness (QED) is 0.797. The monoisotopic (exact) mass is 374 g/mol. The first kappa shape index (κ1) is 19.1. The van der Waals surface area contributed by atoms with Gasteiger partial charge in [-0.3, -0.25) is 9.69 Å². The molecule has 1 heterocycles. The zero-order chi connectivity index (χ0) is 17.9.